The van der Waals surface area contributed by atoms with Gasteiger partial charge in [0.2, 0.25) is 0 Å². The van der Waals surface area contributed by atoms with Gasteiger partial charge in [0, 0.05) is 62.6 Å². The molecule has 6 heteroatoms. The first-order valence-electron chi connectivity index (χ1n) is 12.5. The number of aromatic nitrogens is 2. The summed E-state index contributed by atoms with van der Waals surface area (Å²) in [6.07, 6.45) is 2.55. The summed E-state index contributed by atoms with van der Waals surface area (Å²) in [5.74, 6) is 1.53. The van der Waals surface area contributed by atoms with E-state index in [9.17, 15) is 0 Å². The van der Waals surface area contributed by atoms with Gasteiger partial charge in [-0.05, 0) is 69.9 Å². The van der Waals surface area contributed by atoms with Crippen molar-refractivity contribution in [3.8, 4) is 11.4 Å². The molecule has 1 unspecified atom stereocenters. The molecule has 2 aliphatic heterocycles. The summed E-state index contributed by atoms with van der Waals surface area (Å²) in [6, 6.07) is 15.8. The topological polar surface area (TPSA) is 38.4 Å². The highest BCUT2D eigenvalue weighted by Crippen LogP contribution is 2.34. The maximum atomic E-state index is 6.62. The number of nitrogens with zero attached hydrogens (tertiary/aromatic N) is 4. The molecule has 0 spiro atoms. The molecule has 2 fully saturated rings. The number of H-pyrrole nitrogens is 1. The third-order valence-electron chi connectivity index (χ3n) is 7.75. The number of hydrogen-bond donors (Lipinski definition) is 1. The highest BCUT2D eigenvalue weighted by molar-refractivity contribution is 6.33. The molecule has 5 rings (SSSR count). The van der Waals surface area contributed by atoms with E-state index in [2.05, 4.69) is 58.7 Å². The van der Waals surface area contributed by atoms with E-state index >= 15 is 0 Å². The van der Waals surface area contributed by atoms with Crippen LogP contribution in [0.4, 0.5) is 5.69 Å². The lowest BCUT2D eigenvalue weighted by atomic mass is 9.89. The molecule has 1 N–H and O–H groups in total. The first-order chi connectivity index (χ1) is 16.0. The number of imidazole rings is 1. The minimum absolute atomic E-state index is 0.615. The second-order valence-corrected chi connectivity index (χ2v) is 10.4. The molecule has 3 heterocycles. The van der Waals surface area contributed by atoms with Crippen LogP contribution in [-0.4, -0.2) is 71.1 Å². The maximum Gasteiger partial charge on any atom is 0.140 e. The zero-order chi connectivity index (χ0) is 22.9. The van der Waals surface area contributed by atoms with E-state index in [4.69, 9.17) is 16.6 Å². The maximum absolute atomic E-state index is 6.62. The molecule has 0 bridgehead atoms. The first-order valence-corrected chi connectivity index (χ1v) is 12.8. The van der Waals surface area contributed by atoms with E-state index in [1.165, 1.54) is 44.7 Å². The average molecular weight is 466 g/mol. The summed E-state index contributed by atoms with van der Waals surface area (Å²) in [6.45, 7) is 14.0. The van der Waals surface area contributed by atoms with Gasteiger partial charge in [0.1, 0.15) is 5.82 Å². The van der Waals surface area contributed by atoms with Crippen LogP contribution in [0.2, 0.25) is 5.02 Å². The third-order valence-corrected chi connectivity index (χ3v) is 8.08. The van der Waals surface area contributed by atoms with Gasteiger partial charge in [-0.1, -0.05) is 23.7 Å². The number of aromatic amines is 1. The lowest BCUT2D eigenvalue weighted by Crippen LogP contribution is -2.54. The summed E-state index contributed by atoms with van der Waals surface area (Å²) >= 11 is 6.62. The van der Waals surface area contributed by atoms with Gasteiger partial charge >= 0.3 is 0 Å². The number of anilines is 1. The Bertz CT molecular complexity index is 1050. The number of benzene rings is 2. The number of piperazine rings is 1. The molecule has 33 heavy (non-hydrogen) atoms. The predicted octanol–water partition coefficient (Wildman–Crippen LogP) is 5.51. The minimum Gasteiger partial charge on any atom is -0.371 e. The van der Waals surface area contributed by atoms with Crippen LogP contribution < -0.4 is 4.90 Å². The molecule has 0 radical (unpaired) electrons. The number of halogens is 1. The Labute approximate surface area is 202 Å². The Morgan fingerprint density at radius 1 is 0.970 bits per heavy atom. The molecule has 1 aromatic heterocycles. The van der Waals surface area contributed by atoms with Gasteiger partial charge in [0.25, 0.3) is 0 Å². The highest BCUT2D eigenvalue weighted by atomic mass is 35.5. The number of piperidine rings is 1. The number of para-hydroxylation sites is 2. The Kier molecular flexibility index (Phi) is 6.64. The van der Waals surface area contributed by atoms with Gasteiger partial charge in [-0.3, -0.25) is 9.80 Å². The Hall–Kier alpha value is -2.08. The largest absolute Gasteiger partial charge is 0.371 e. The van der Waals surface area contributed by atoms with Crippen molar-refractivity contribution in [2.75, 3.05) is 44.2 Å². The van der Waals surface area contributed by atoms with Crippen LogP contribution in [0.5, 0.6) is 0 Å². The van der Waals surface area contributed by atoms with Crippen LogP contribution in [0.25, 0.3) is 22.4 Å². The number of nitrogens with one attached hydrogen (secondary N) is 1. The number of fused-ring (bicyclic) bond motifs is 1. The van der Waals surface area contributed by atoms with Crippen LogP contribution in [0.15, 0.2) is 42.5 Å². The van der Waals surface area contributed by atoms with E-state index < -0.39 is 0 Å². The molecule has 2 atom stereocenters. The zero-order valence-electron chi connectivity index (χ0n) is 20.1. The van der Waals surface area contributed by atoms with Gasteiger partial charge in [-0.25, -0.2) is 4.98 Å². The standard InChI is InChI=1S/C27H36ClN5/c1-19(2)31-13-15-32(16-14-31)20(3)21-7-6-12-33(18-21)22-10-11-24(28)23(17-22)27-29-25-8-4-5-9-26(25)30-27/h4-5,8-11,17,19-21H,6-7,12-16,18H2,1-3H3,(H,29,30)/t20?,21-/m1/s1. The second-order valence-electron chi connectivity index (χ2n) is 10.0. The van der Waals surface area contributed by atoms with Gasteiger partial charge < -0.3 is 9.88 Å². The van der Waals surface area contributed by atoms with Crippen molar-refractivity contribution in [2.24, 2.45) is 5.92 Å². The van der Waals surface area contributed by atoms with Crippen molar-refractivity contribution in [2.45, 2.75) is 45.7 Å². The molecule has 0 aliphatic carbocycles. The van der Waals surface area contributed by atoms with Crippen molar-refractivity contribution in [3.05, 3.63) is 47.5 Å². The molecule has 2 saturated heterocycles. The normalized spacial score (nSPS) is 21.7. The van der Waals surface area contributed by atoms with Crippen molar-refractivity contribution >= 4 is 28.3 Å². The summed E-state index contributed by atoms with van der Waals surface area (Å²) in [5.41, 5.74) is 4.23. The van der Waals surface area contributed by atoms with Crippen LogP contribution in [-0.2, 0) is 0 Å². The van der Waals surface area contributed by atoms with E-state index in [1.807, 2.05) is 24.3 Å². The highest BCUT2D eigenvalue weighted by Gasteiger charge is 2.31. The van der Waals surface area contributed by atoms with Crippen molar-refractivity contribution in [3.63, 3.8) is 0 Å². The number of rotatable bonds is 5. The quantitative estimate of drug-likeness (QED) is 0.538. The fourth-order valence-corrected chi connectivity index (χ4v) is 5.78. The smallest absolute Gasteiger partial charge is 0.140 e. The van der Waals surface area contributed by atoms with Crippen LogP contribution >= 0.6 is 11.6 Å². The molecule has 0 saturated carbocycles. The van der Waals surface area contributed by atoms with Crippen LogP contribution in [0.3, 0.4) is 0 Å². The minimum atomic E-state index is 0.615. The Balaban J connectivity index is 1.31. The fourth-order valence-electron chi connectivity index (χ4n) is 5.57. The third kappa shape index (κ3) is 4.77. The molecule has 5 nitrogen and oxygen atoms in total. The van der Waals surface area contributed by atoms with Crippen LogP contribution in [0.1, 0.15) is 33.6 Å². The monoisotopic (exact) mass is 465 g/mol. The molecule has 2 aromatic carbocycles. The fraction of sp³-hybridized carbons (Fsp3) is 0.519. The summed E-state index contributed by atoms with van der Waals surface area (Å²) < 4.78 is 0. The summed E-state index contributed by atoms with van der Waals surface area (Å²) in [4.78, 5) is 16.1. The molecule has 2 aliphatic rings. The summed E-state index contributed by atoms with van der Waals surface area (Å²) in [7, 11) is 0. The van der Waals surface area contributed by atoms with E-state index in [1.54, 1.807) is 0 Å². The molecule has 3 aromatic rings. The first kappa shape index (κ1) is 22.7. The average Bonchev–Trinajstić information content (AvgIpc) is 3.28. The second kappa shape index (κ2) is 9.65. The Morgan fingerprint density at radius 2 is 1.73 bits per heavy atom. The van der Waals surface area contributed by atoms with Crippen LogP contribution in [0, 0.1) is 5.92 Å². The van der Waals surface area contributed by atoms with Crippen molar-refractivity contribution in [1.82, 2.24) is 19.8 Å². The Morgan fingerprint density at radius 3 is 2.48 bits per heavy atom. The molecule has 0 amide bonds. The van der Waals surface area contributed by atoms with Gasteiger partial charge in [-0.15, -0.1) is 0 Å². The lowest BCUT2D eigenvalue weighted by Gasteiger charge is -2.45. The van der Waals surface area contributed by atoms with Gasteiger partial charge in [-0.2, -0.15) is 0 Å². The molecular weight excluding hydrogens is 430 g/mol. The molecular formula is C27H36ClN5. The summed E-state index contributed by atoms with van der Waals surface area (Å²) in [5, 5.41) is 0.739. The van der Waals surface area contributed by atoms with Gasteiger partial charge in [0.05, 0.1) is 16.1 Å². The predicted molar refractivity (Wildman–Crippen MR) is 139 cm³/mol. The zero-order valence-corrected chi connectivity index (χ0v) is 20.9. The van der Waals surface area contributed by atoms with Crippen molar-refractivity contribution < 1.29 is 0 Å². The van der Waals surface area contributed by atoms with E-state index in [-0.39, 0.29) is 0 Å². The van der Waals surface area contributed by atoms with E-state index in [0.717, 1.165) is 40.5 Å². The molecule has 176 valence electrons. The van der Waals surface area contributed by atoms with E-state index in [0.29, 0.717) is 18.0 Å². The SMILES string of the molecule is CC(C)N1CCN(C(C)[C@@H]2CCCN(c3ccc(Cl)c(-c4nc5ccccc5[nH]4)c3)C2)CC1. The van der Waals surface area contributed by atoms with Crippen molar-refractivity contribution in [1.29, 1.82) is 0 Å². The lowest BCUT2D eigenvalue weighted by molar-refractivity contribution is 0.0593. The van der Waals surface area contributed by atoms with Gasteiger partial charge in [0.15, 0.2) is 0 Å². The number of hydrogen-bond acceptors (Lipinski definition) is 4.